The maximum atomic E-state index is 10.5. The zero-order valence-corrected chi connectivity index (χ0v) is 10.0. The Bertz CT molecular complexity index is 495. The van der Waals surface area contributed by atoms with Gasteiger partial charge in [-0.25, -0.2) is 4.18 Å². The van der Waals surface area contributed by atoms with Crippen molar-refractivity contribution < 1.29 is 32.2 Å². The van der Waals surface area contributed by atoms with Crippen LogP contribution in [0.5, 0.6) is 0 Å². The topological polar surface area (TPSA) is 147 Å². The molecule has 0 bridgehead atoms. The Balaban J connectivity index is 2.67. The Kier molecular flexibility index (Phi) is 4.24. The van der Waals surface area contributed by atoms with Gasteiger partial charge in [0.15, 0.2) is 0 Å². The number of rotatable bonds is 5. The fourth-order valence-corrected chi connectivity index (χ4v) is 1.88. The number of aliphatic carboxylic acids is 1. The van der Waals surface area contributed by atoms with Crippen molar-refractivity contribution >= 4 is 16.4 Å². The van der Waals surface area contributed by atoms with E-state index >= 15 is 0 Å². The summed E-state index contributed by atoms with van der Waals surface area (Å²) < 4.78 is 33.5. The maximum absolute atomic E-state index is 10.5. The van der Waals surface area contributed by atoms with E-state index in [1.54, 1.807) is 0 Å². The molecule has 2 atom stereocenters. The predicted octanol–water partition coefficient (Wildman–Crippen LogP) is -0.817. The molecule has 0 saturated heterocycles. The molecule has 0 aromatic carbocycles. The van der Waals surface area contributed by atoms with Crippen molar-refractivity contribution in [1.82, 2.24) is 0 Å². The molecule has 1 unspecified atom stereocenters. The fraction of sp³-hybridized carbons (Fsp3) is 0.444. The number of nitrogens with two attached hydrogens (primary N) is 1. The van der Waals surface area contributed by atoms with Gasteiger partial charge in [0.05, 0.1) is 0 Å². The second-order valence-corrected chi connectivity index (χ2v) is 4.84. The Morgan fingerprint density at radius 1 is 1.61 bits per heavy atom. The molecule has 18 heavy (non-hydrogen) atoms. The van der Waals surface area contributed by atoms with Crippen LogP contribution in [0.15, 0.2) is 23.8 Å². The molecule has 0 heterocycles. The lowest BCUT2D eigenvalue weighted by Gasteiger charge is -2.24. The molecular formula is C9H13NO7S. The van der Waals surface area contributed by atoms with Crippen molar-refractivity contribution in [2.45, 2.75) is 24.7 Å². The summed E-state index contributed by atoms with van der Waals surface area (Å²) in [5.74, 6) is -3.33. The summed E-state index contributed by atoms with van der Waals surface area (Å²) in [6.07, 6.45) is 3.47. The van der Waals surface area contributed by atoms with Crippen LogP contribution < -0.4 is 5.73 Å². The van der Waals surface area contributed by atoms with E-state index in [1.807, 2.05) is 0 Å². The van der Waals surface area contributed by atoms with Gasteiger partial charge in [0.2, 0.25) is 5.79 Å². The lowest BCUT2D eigenvalue weighted by Crippen LogP contribution is -2.34. The van der Waals surface area contributed by atoms with Gasteiger partial charge in [-0.05, 0) is 18.1 Å². The summed E-state index contributed by atoms with van der Waals surface area (Å²) >= 11 is 0. The van der Waals surface area contributed by atoms with Crippen LogP contribution in [0.4, 0.5) is 0 Å². The number of allylic oxidation sites excluding steroid dienone is 1. The SMILES string of the molecule is N[C@@H](CC1=CCC(O)(OS(=O)(=O)O)C=C1)C(=O)O. The van der Waals surface area contributed by atoms with E-state index in [4.69, 9.17) is 15.4 Å². The molecule has 1 aliphatic carbocycles. The van der Waals surface area contributed by atoms with Crippen LogP contribution in [0.25, 0.3) is 0 Å². The number of aliphatic hydroxyl groups is 1. The van der Waals surface area contributed by atoms with Crippen molar-refractivity contribution in [3.8, 4) is 0 Å². The molecule has 0 spiro atoms. The molecule has 0 aromatic rings. The van der Waals surface area contributed by atoms with Crippen LogP contribution >= 0.6 is 0 Å². The second kappa shape index (κ2) is 5.16. The van der Waals surface area contributed by atoms with E-state index in [0.29, 0.717) is 5.57 Å². The standard InChI is InChI=1S/C9H13NO7S/c10-7(8(11)12)5-6-1-3-9(13,4-2-6)17-18(14,15)16/h1-3,7,13H,4-5,10H2,(H,11,12)(H,14,15,16)/t7-,9?/m0/s1. The highest BCUT2D eigenvalue weighted by Gasteiger charge is 2.32. The van der Waals surface area contributed by atoms with Crippen molar-refractivity contribution in [2.24, 2.45) is 5.73 Å². The fourth-order valence-electron chi connectivity index (χ4n) is 1.39. The van der Waals surface area contributed by atoms with Gasteiger partial charge < -0.3 is 15.9 Å². The molecule has 8 nitrogen and oxygen atoms in total. The van der Waals surface area contributed by atoms with Crippen LogP contribution in [0, 0.1) is 0 Å². The summed E-state index contributed by atoms with van der Waals surface area (Å²) in [7, 11) is -4.79. The Hall–Kier alpha value is -1.26. The summed E-state index contributed by atoms with van der Waals surface area (Å²) in [6.45, 7) is 0. The molecular weight excluding hydrogens is 266 g/mol. The first-order chi connectivity index (χ1) is 8.11. The first kappa shape index (κ1) is 14.8. The van der Waals surface area contributed by atoms with Gasteiger partial charge in [-0.1, -0.05) is 12.2 Å². The molecule has 102 valence electrons. The van der Waals surface area contributed by atoms with Crippen molar-refractivity contribution in [1.29, 1.82) is 0 Å². The maximum Gasteiger partial charge on any atom is 0.400 e. The zero-order valence-electron chi connectivity index (χ0n) is 9.18. The van der Waals surface area contributed by atoms with Crippen LogP contribution in [0.3, 0.4) is 0 Å². The van der Waals surface area contributed by atoms with E-state index in [-0.39, 0.29) is 12.8 Å². The van der Waals surface area contributed by atoms with Gasteiger partial charge in [0.1, 0.15) is 6.04 Å². The van der Waals surface area contributed by atoms with Gasteiger partial charge >= 0.3 is 16.4 Å². The normalized spacial score (nSPS) is 25.6. The highest BCUT2D eigenvalue weighted by atomic mass is 32.3. The van der Waals surface area contributed by atoms with Gasteiger partial charge in [0, 0.05) is 6.42 Å². The third kappa shape index (κ3) is 4.55. The number of carbonyl (C=O) groups is 1. The monoisotopic (exact) mass is 279 g/mol. The van der Waals surface area contributed by atoms with Crippen molar-refractivity contribution in [2.75, 3.05) is 0 Å². The average molecular weight is 279 g/mol. The van der Waals surface area contributed by atoms with E-state index in [9.17, 15) is 18.3 Å². The Labute approximate surface area is 103 Å². The minimum absolute atomic E-state index is 0.0355. The first-order valence-corrected chi connectivity index (χ1v) is 6.25. The number of hydrogen-bond donors (Lipinski definition) is 4. The lowest BCUT2D eigenvalue weighted by molar-refractivity contribution is -0.138. The minimum Gasteiger partial charge on any atom is -0.480 e. The summed E-state index contributed by atoms with van der Waals surface area (Å²) in [6, 6.07) is -1.09. The van der Waals surface area contributed by atoms with Crippen LogP contribution in [0.2, 0.25) is 0 Å². The molecule has 0 radical (unpaired) electrons. The highest BCUT2D eigenvalue weighted by molar-refractivity contribution is 7.80. The second-order valence-electron chi connectivity index (χ2n) is 3.82. The van der Waals surface area contributed by atoms with E-state index in [2.05, 4.69) is 4.18 Å². The van der Waals surface area contributed by atoms with Gasteiger partial charge in [-0.15, -0.1) is 0 Å². The van der Waals surface area contributed by atoms with Gasteiger partial charge in [-0.3, -0.25) is 9.35 Å². The third-order valence-electron chi connectivity index (χ3n) is 2.24. The molecule has 0 aliphatic heterocycles. The molecule has 0 fully saturated rings. The number of carboxylic acid groups (broad SMARTS) is 1. The smallest absolute Gasteiger partial charge is 0.400 e. The number of carboxylic acids is 1. The predicted molar refractivity (Wildman–Crippen MR) is 59.7 cm³/mol. The largest absolute Gasteiger partial charge is 0.480 e. The molecule has 1 rings (SSSR count). The quantitative estimate of drug-likeness (QED) is 0.377. The van der Waals surface area contributed by atoms with Crippen molar-refractivity contribution in [3.63, 3.8) is 0 Å². The van der Waals surface area contributed by atoms with Gasteiger partial charge in [-0.2, -0.15) is 8.42 Å². The Morgan fingerprint density at radius 2 is 2.22 bits per heavy atom. The summed E-state index contributed by atoms with van der Waals surface area (Å²) in [5, 5.41) is 18.2. The van der Waals surface area contributed by atoms with Crippen LogP contribution in [-0.2, 0) is 19.4 Å². The zero-order chi connectivity index (χ0) is 14.0. The minimum atomic E-state index is -4.79. The average Bonchev–Trinajstić information content (AvgIpc) is 2.18. The molecule has 0 aromatic heterocycles. The number of hydrogen-bond acceptors (Lipinski definition) is 6. The van der Waals surface area contributed by atoms with Gasteiger partial charge in [0.25, 0.3) is 0 Å². The highest BCUT2D eigenvalue weighted by Crippen LogP contribution is 2.25. The summed E-state index contributed by atoms with van der Waals surface area (Å²) in [4.78, 5) is 10.5. The third-order valence-corrected chi connectivity index (χ3v) is 2.74. The summed E-state index contributed by atoms with van der Waals surface area (Å²) in [5.41, 5.74) is 5.83. The van der Waals surface area contributed by atoms with Crippen LogP contribution in [-0.4, -0.2) is 41.0 Å². The van der Waals surface area contributed by atoms with E-state index in [0.717, 1.165) is 6.08 Å². The molecule has 0 amide bonds. The van der Waals surface area contributed by atoms with E-state index < -0.39 is 28.2 Å². The molecule has 9 heteroatoms. The molecule has 5 N–H and O–H groups in total. The molecule has 1 aliphatic rings. The first-order valence-electron chi connectivity index (χ1n) is 4.88. The Morgan fingerprint density at radius 3 is 2.61 bits per heavy atom. The van der Waals surface area contributed by atoms with E-state index in [1.165, 1.54) is 12.2 Å². The van der Waals surface area contributed by atoms with Crippen molar-refractivity contribution in [3.05, 3.63) is 23.8 Å². The molecule has 0 saturated carbocycles. The van der Waals surface area contributed by atoms with Crippen LogP contribution in [0.1, 0.15) is 12.8 Å². The lowest BCUT2D eigenvalue weighted by atomic mass is 9.97.